The van der Waals surface area contributed by atoms with E-state index in [1.165, 1.54) is 0 Å². The summed E-state index contributed by atoms with van der Waals surface area (Å²) in [5.41, 5.74) is 0.984. The van der Waals surface area contributed by atoms with E-state index in [1.807, 2.05) is 42.1 Å². The average Bonchev–Trinajstić information content (AvgIpc) is 3.20. The predicted molar refractivity (Wildman–Crippen MR) is 77.4 cm³/mol. The largest absolute Gasteiger partial charge is 0.342 e. The minimum absolute atomic E-state index is 0.105. The summed E-state index contributed by atoms with van der Waals surface area (Å²) in [7, 11) is 1.93. The molecule has 1 aromatic heterocycles. The molecule has 1 aliphatic rings. The average molecular weight is 290 g/mol. The van der Waals surface area contributed by atoms with E-state index in [2.05, 4.69) is 10.3 Å². The first kappa shape index (κ1) is 13.2. The summed E-state index contributed by atoms with van der Waals surface area (Å²) in [6, 6.07) is 7.27. The maximum absolute atomic E-state index is 12.1. The molecule has 1 aromatic carbocycles. The number of benzene rings is 1. The van der Waals surface area contributed by atoms with E-state index in [0.717, 1.165) is 24.2 Å². The zero-order valence-corrected chi connectivity index (χ0v) is 12.0. The van der Waals surface area contributed by atoms with Crippen molar-refractivity contribution in [3.8, 4) is 0 Å². The first-order valence-corrected chi connectivity index (χ1v) is 7.06. The Balaban J connectivity index is 1.92. The predicted octanol–water partition coefficient (Wildman–Crippen LogP) is 2.69. The van der Waals surface area contributed by atoms with Crippen molar-refractivity contribution in [3.05, 3.63) is 53.1 Å². The second kappa shape index (κ2) is 5.29. The van der Waals surface area contributed by atoms with Crippen molar-refractivity contribution in [2.45, 2.75) is 18.9 Å². The van der Waals surface area contributed by atoms with Crippen LogP contribution < -0.4 is 5.32 Å². The van der Waals surface area contributed by atoms with E-state index in [4.69, 9.17) is 11.6 Å². The first-order valence-electron chi connectivity index (χ1n) is 6.68. The standard InChI is InChI=1S/C15H16ClN3O/c1-19-9-8-17-14(19)13(18-15(20)11-2-3-11)10-4-6-12(16)7-5-10/h4-9,11,13H,2-3H2,1H3,(H,18,20). The van der Waals surface area contributed by atoms with E-state index in [1.54, 1.807) is 6.20 Å². The van der Waals surface area contributed by atoms with Gasteiger partial charge in [0.25, 0.3) is 0 Å². The molecular formula is C15H16ClN3O. The number of rotatable bonds is 4. The topological polar surface area (TPSA) is 46.9 Å². The van der Waals surface area contributed by atoms with Gasteiger partial charge in [0, 0.05) is 30.4 Å². The maximum atomic E-state index is 12.1. The molecule has 1 N–H and O–H groups in total. The third-order valence-electron chi connectivity index (χ3n) is 3.55. The van der Waals surface area contributed by atoms with E-state index in [0.29, 0.717) is 5.02 Å². The zero-order chi connectivity index (χ0) is 14.1. The van der Waals surface area contributed by atoms with Gasteiger partial charge >= 0.3 is 0 Å². The minimum atomic E-state index is -0.236. The number of hydrogen-bond acceptors (Lipinski definition) is 2. The van der Waals surface area contributed by atoms with Gasteiger partial charge < -0.3 is 9.88 Å². The van der Waals surface area contributed by atoms with Crippen LogP contribution in [0.15, 0.2) is 36.7 Å². The van der Waals surface area contributed by atoms with Crippen LogP contribution in [-0.4, -0.2) is 15.5 Å². The molecular weight excluding hydrogens is 274 g/mol. The molecule has 1 atom stereocenters. The molecule has 2 aromatic rings. The van der Waals surface area contributed by atoms with Gasteiger partial charge in [0.05, 0.1) is 0 Å². The summed E-state index contributed by atoms with van der Waals surface area (Å²) < 4.78 is 1.92. The van der Waals surface area contributed by atoms with Gasteiger partial charge in [-0.05, 0) is 30.5 Å². The van der Waals surface area contributed by atoms with E-state index >= 15 is 0 Å². The Labute approximate surface area is 122 Å². The summed E-state index contributed by atoms with van der Waals surface area (Å²) in [6.45, 7) is 0. The maximum Gasteiger partial charge on any atom is 0.223 e. The third kappa shape index (κ3) is 2.70. The number of halogens is 1. The summed E-state index contributed by atoms with van der Waals surface area (Å²) >= 11 is 5.93. The molecule has 1 aliphatic carbocycles. The summed E-state index contributed by atoms with van der Waals surface area (Å²) in [5, 5.41) is 3.77. The van der Waals surface area contributed by atoms with Crippen molar-refractivity contribution >= 4 is 17.5 Å². The molecule has 104 valence electrons. The van der Waals surface area contributed by atoms with Crippen LogP contribution in [0.3, 0.4) is 0 Å². The van der Waals surface area contributed by atoms with Crippen molar-refractivity contribution in [3.63, 3.8) is 0 Å². The summed E-state index contributed by atoms with van der Waals surface area (Å²) in [4.78, 5) is 16.5. The smallest absolute Gasteiger partial charge is 0.223 e. The number of aromatic nitrogens is 2. The molecule has 0 spiro atoms. The van der Waals surface area contributed by atoms with Crippen LogP contribution in [-0.2, 0) is 11.8 Å². The summed E-state index contributed by atoms with van der Waals surface area (Å²) in [5.74, 6) is 1.10. The van der Waals surface area contributed by atoms with Gasteiger partial charge in [0.2, 0.25) is 5.91 Å². The molecule has 0 radical (unpaired) electrons. The van der Waals surface area contributed by atoms with Crippen LogP contribution in [0.5, 0.6) is 0 Å². The molecule has 4 nitrogen and oxygen atoms in total. The highest BCUT2D eigenvalue weighted by atomic mass is 35.5. The van der Waals surface area contributed by atoms with Crippen molar-refractivity contribution in [1.29, 1.82) is 0 Å². The van der Waals surface area contributed by atoms with Gasteiger partial charge in [0.1, 0.15) is 11.9 Å². The Morgan fingerprint density at radius 3 is 2.65 bits per heavy atom. The molecule has 1 unspecified atom stereocenters. The highest BCUT2D eigenvalue weighted by molar-refractivity contribution is 6.30. The van der Waals surface area contributed by atoms with Crippen LogP contribution in [0.1, 0.15) is 30.3 Å². The van der Waals surface area contributed by atoms with Gasteiger partial charge in [-0.2, -0.15) is 0 Å². The number of carbonyl (C=O) groups excluding carboxylic acids is 1. The molecule has 0 aliphatic heterocycles. The van der Waals surface area contributed by atoms with E-state index in [-0.39, 0.29) is 17.9 Å². The van der Waals surface area contributed by atoms with Crippen molar-refractivity contribution in [2.75, 3.05) is 0 Å². The van der Waals surface area contributed by atoms with Gasteiger partial charge in [-0.15, -0.1) is 0 Å². The Bertz CT molecular complexity index is 616. The van der Waals surface area contributed by atoms with Crippen LogP contribution in [0.4, 0.5) is 0 Å². The van der Waals surface area contributed by atoms with E-state index < -0.39 is 0 Å². The highest BCUT2D eigenvalue weighted by Crippen LogP contribution is 2.31. The third-order valence-corrected chi connectivity index (χ3v) is 3.81. The fourth-order valence-electron chi connectivity index (χ4n) is 2.21. The molecule has 1 heterocycles. The lowest BCUT2D eigenvalue weighted by Crippen LogP contribution is -2.32. The molecule has 5 heteroatoms. The molecule has 0 bridgehead atoms. The molecule has 1 fully saturated rings. The Morgan fingerprint density at radius 1 is 1.40 bits per heavy atom. The molecule has 0 saturated heterocycles. The van der Waals surface area contributed by atoms with Crippen LogP contribution >= 0.6 is 11.6 Å². The zero-order valence-electron chi connectivity index (χ0n) is 11.2. The molecule has 1 saturated carbocycles. The van der Waals surface area contributed by atoms with Gasteiger partial charge in [-0.1, -0.05) is 23.7 Å². The quantitative estimate of drug-likeness (QED) is 0.941. The number of nitrogens with zero attached hydrogens (tertiary/aromatic N) is 2. The monoisotopic (exact) mass is 289 g/mol. The number of amides is 1. The van der Waals surface area contributed by atoms with Crippen molar-refractivity contribution < 1.29 is 4.79 Å². The van der Waals surface area contributed by atoms with E-state index in [9.17, 15) is 4.79 Å². The first-order chi connectivity index (χ1) is 9.65. The lowest BCUT2D eigenvalue weighted by atomic mass is 10.1. The fourth-order valence-corrected chi connectivity index (χ4v) is 2.34. The van der Waals surface area contributed by atoms with Gasteiger partial charge in [-0.3, -0.25) is 4.79 Å². The Kier molecular flexibility index (Phi) is 3.49. The van der Waals surface area contributed by atoms with Crippen LogP contribution in [0.25, 0.3) is 0 Å². The molecule has 3 rings (SSSR count). The highest BCUT2D eigenvalue weighted by Gasteiger charge is 2.32. The fraction of sp³-hybridized carbons (Fsp3) is 0.333. The summed E-state index contributed by atoms with van der Waals surface area (Å²) in [6.07, 6.45) is 5.59. The number of hydrogen-bond donors (Lipinski definition) is 1. The molecule has 1 amide bonds. The van der Waals surface area contributed by atoms with Crippen molar-refractivity contribution in [2.24, 2.45) is 13.0 Å². The SMILES string of the molecule is Cn1ccnc1C(NC(=O)C1CC1)c1ccc(Cl)cc1. The second-order valence-electron chi connectivity index (χ2n) is 5.16. The second-order valence-corrected chi connectivity index (χ2v) is 5.60. The van der Waals surface area contributed by atoms with Gasteiger partial charge in [0.15, 0.2) is 0 Å². The minimum Gasteiger partial charge on any atom is -0.342 e. The lowest BCUT2D eigenvalue weighted by Gasteiger charge is -2.19. The lowest BCUT2D eigenvalue weighted by molar-refractivity contribution is -0.122. The number of imidazole rings is 1. The molecule has 20 heavy (non-hydrogen) atoms. The normalized spacial score (nSPS) is 15.9. The number of nitrogens with one attached hydrogen (secondary N) is 1. The van der Waals surface area contributed by atoms with Gasteiger partial charge in [-0.25, -0.2) is 4.98 Å². The Morgan fingerprint density at radius 2 is 2.10 bits per heavy atom. The van der Waals surface area contributed by atoms with Crippen molar-refractivity contribution in [1.82, 2.24) is 14.9 Å². The Hall–Kier alpha value is -1.81. The number of carbonyl (C=O) groups is 1. The van der Waals surface area contributed by atoms with Crippen LogP contribution in [0.2, 0.25) is 5.02 Å². The van der Waals surface area contributed by atoms with Crippen LogP contribution in [0, 0.1) is 5.92 Å². The number of aryl methyl sites for hydroxylation is 1.